The highest BCUT2D eigenvalue weighted by Crippen LogP contribution is 2.13. The molecule has 17 heavy (non-hydrogen) atoms. The van der Waals surface area contributed by atoms with Gasteiger partial charge in [0.25, 0.3) is 0 Å². The number of hydrogen-bond donors (Lipinski definition) is 0. The Morgan fingerprint density at radius 2 is 1.82 bits per heavy atom. The summed E-state index contributed by atoms with van der Waals surface area (Å²) in [7, 11) is 4.22. The van der Waals surface area contributed by atoms with Crippen LogP contribution in [0.2, 0.25) is 0 Å². The van der Waals surface area contributed by atoms with Gasteiger partial charge in [-0.1, -0.05) is 12.1 Å². The molecule has 0 spiro atoms. The molecule has 0 unspecified atom stereocenters. The van der Waals surface area contributed by atoms with Gasteiger partial charge < -0.3 is 17.3 Å². The maximum Gasteiger partial charge on any atom is 0.212 e. The van der Waals surface area contributed by atoms with Crippen molar-refractivity contribution < 1.29 is 17.0 Å². The summed E-state index contributed by atoms with van der Waals surface area (Å²) < 4.78 is 2.32. The number of nitrogens with zero attached hydrogens (tertiary/aromatic N) is 2. The van der Waals surface area contributed by atoms with Gasteiger partial charge >= 0.3 is 0 Å². The summed E-state index contributed by atoms with van der Waals surface area (Å²) >= 11 is 0. The molecular weight excluding hydrogens is 232 g/mol. The SMILES string of the molecule is Cc1cc[n+](CCN(C)C)c2ccccc12.[Cl-]. The third kappa shape index (κ3) is 3.18. The Labute approximate surface area is 109 Å². The van der Waals surface area contributed by atoms with E-state index in [2.05, 4.69) is 67.0 Å². The molecule has 1 aromatic heterocycles. The van der Waals surface area contributed by atoms with E-state index in [1.165, 1.54) is 16.5 Å². The second-order valence-electron chi connectivity index (χ2n) is 4.51. The minimum Gasteiger partial charge on any atom is -1.00 e. The first-order valence-electron chi connectivity index (χ1n) is 5.71. The van der Waals surface area contributed by atoms with E-state index in [0.717, 1.165) is 13.1 Å². The van der Waals surface area contributed by atoms with Crippen molar-refractivity contribution in [2.24, 2.45) is 0 Å². The molecule has 1 heterocycles. The molecule has 2 aromatic rings. The molecule has 2 rings (SSSR count). The fourth-order valence-corrected chi connectivity index (χ4v) is 1.93. The average molecular weight is 251 g/mol. The number of hydrogen-bond acceptors (Lipinski definition) is 1. The van der Waals surface area contributed by atoms with Crippen LogP contribution in [0.15, 0.2) is 36.5 Å². The van der Waals surface area contributed by atoms with Gasteiger partial charge in [0.2, 0.25) is 5.52 Å². The zero-order chi connectivity index (χ0) is 11.5. The molecule has 3 heteroatoms. The molecule has 0 bridgehead atoms. The van der Waals surface area contributed by atoms with Crippen molar-refractivity contribution in [1.82, 2.24) is 4.90 Å². The van der Waals surface area contributed by atoms with Crippen molar-refractivity contribution in [2.45, 2.75) is 13.5 Å². The van der Waals surface area contributed by atoms with E-state index in [1.54, 1.807) is 0 Å². The zero-order valence-corrected chi connectivity index (χ0v) is 11.4. The molecule has 0 radical (unpaired) electrons. The molecule has 0 atom stereocenters. The number of likely N-dealkylation sites (N-methyl/N-ethyl adjacent to an activating group) is 1. The van der Waals surface area contributed by atoms with Crippen LogP contribution in [0.5, 0.6) is 0 Å². The predicted molar refractivity (Wildman–Crippen MR) is 67.4 cm³/mol. The molecule has 0 aliphatic rings. The zero-order valence-electron chi connectivity index (χ0n) is 10.7. The monoisotopic (exact) mass is 250 g/mol. The van der Waals surface area contributed by atoms with Crippen molar-refractivity contribution in [2.75, 3.05) is 20.6 Å². The molecule has 0 N–H and O–H groups in total. The molecule has 0 saturated heterocycles. The minimum absolute atomic E-state index is 0. The first kappa shape index (κ1) is 13.9. The molecule has 0 amide bonds. The van der Waals surface area contributed by atoms with Crippen LogP contribution in [0.4, 0.5) is 0 Å². The lowest BCUT2D eigenvalue weighted by atomic mass is 10.1. The molecule has 0 aliphatic carbocycles. The number of benzene rings is 1. The number of halogens is 1. The first-order chi connectivity index (χ1) is 7.68. The van der Waals surface area contributed by atoms with Gasteiger partial charge in [-0.3, -0.25) is 0 Å². The lowest BCUT2D eigenvalue weighted by molar-refractivity contribution is -0.670. The molecular formula is C14H19ClN2. The third-order valence-electron chi connectivity index (χ3n) is 2.93. The summed E-state index contributed by atoms with van der Waals surface area (Å²) in [5, 5.41) is 1.35. The van der Waals surface area contributed by atoms with Crippen molar-refractivity contribution in [1.29, 1.82) is 0 Å². The Kier molecular flexibility index (Phi) is 4.91. The molecule has 92 valence electrons. The highest BCUT2D eigenvalue weighted by molar-refractivity contribution is 5.78. The second-order valence-corrected chi connectivity index (χ2v) is 4.51. The Balaban J connectivity index is 0.00000144. The molecule has 1 aromatic carbocycles. The molecule has 2 nitrogen and oxygen atoms in total. The number of rotatable bonds is 3. The average Bonchev–Trinajstić information content (AvgIpc) is 2.28. The van der Waals surface area contributed by atoms with Gasteiger partial charge in [-0.15, -0.1) is 0 Å². The van der Waals surface area contributed by atoms with Gasteiger partial charge in [-0.05, 0) is 32.6 Å². The lowest BCUT2D eigenvalue weighted by Gasteiger charge is -2.08. The normalized spacial score (nSPS) is 10.6. The summed E-state index contributed by atoms with van der Waals surface area (Å²) in [4.78, 5) is 2.21. The number of aromatic nitrogens is 1. The van der Waals surface area contributed by atoms with Crippen LogP contribution >= 0.6 is 0 Å². The van der Waals surface area contributed by atoms with Crippen LogP contribution in [0.3, 0.4) is 0 Å². The fourth-order valence-electron chi connectivity index (χ4n) is 1.93. The largest absolute Gasteiger partial charge is 1.00 e. The number of fused-ring (bicyclic) bond motifs is 1. The first-order valence-corrected chi connectivity index (χ1v) is 5.71. The molecule has 0 saturated carbocycles. The molecule has 0 fully saturated rings. The van der Waals surface area contributed by atoms with Crippen LogP contribution in [0, 0.1) is 6.92 Å². The third-order valence-corrected chi connectivity index (χ3v) is 2.93. The highest BCUT2D eigenvalue weighted by Gasteiger charge is 2.09. The van der Waals surface area contributed by atoms with E-state index in [-0.39, 0.29) is 12.4 Å². The van der Waals surface area contributed by atoms with E-state index in [0.29, 0.717) is 0 Å². The van der Waals surface area contributed by atoms with Crippen LogP contribution in [-0.2, 0) is 6.54 Å². The van der Waals surface area contributed by atoms with Gasteiger partial charge in [0.05, 0.1) is 6.54 Å². The standard InChI is InChI=1S/C14H19N2.ClH/c1-12-8-9-16(11-10-15(2)3)14-7-5-4-6-13(12)14;/h4-9H,10-11H2,1-3H3;1H/q+1;/p-1. The minimum atomic E-state index is 0. The van der Waals surface area contributed by atoms with Crippen LogP contribution in [0.25, 0.3) is 10.9 Å². The Hall–Kier alpha value is -1.12. The molecule has 0 aliphatic heterocycles. The highest BCUT2D eigenvalue weighted by atomic mass is 35.5. The van der Waals surface area contributed by atoms with Crippen LogP contribution < -0.4 is 17.0 Å². The summed E-state index contributed by atoms with van der Waals surface area (Å²) in [6.45, 7) is 4.27. The van der Waals surface area contributed by atoms with Crippen molar-refractivity contribution in [3.8, 4) is 0 Å². The van der Waals surface area contributed by atoms with Gasteiger partial charge in [0.1, 0.15) is 0 Å². The van der Waals surface area contributed by atoms with E-state index in [9.17, 15) is 0 Å². The number of para-hydroxylation sites is 1. The topological polar surface area (TPSA) is 7.12 Å². The fraction of sp³-hybridized carbons (Fsp3) is 0.357. The second kappa shape index (κ2) is 5.99. The Bertz CT molecular complexity index is 495. The summed E-state index contributed by atoms with van der Waals surface area (Å²) in [5.74, 6) is 0. The van der Waals surface area contributed by atoms with E-state index >= 15 is 0 Å². The summed E-state index contributed by atoms with van der Waals surface area (Å²) in [5.41, 5.74) is 2.67. The predicted octanol–water partition coefficient (Wildman–Crippen LogP) is -0.999. The van der Waals surface area contributed by atoms with Crippen LogP contribution in [0.1, 0.15) is 5.56 Å². The van der Waals surface area contributed by atoms with Gasteiger partial charge in [-0.25, -0.2) is 0 Å². The quantitative estimate of drug-likeness (QED) is 0.634. The van der Waals surface area contributed by atoms with E-state index < -0.39 is 0 Å². The van der Waals surface area contributed by atoms with Crippen molar-refractivity contribution in [3.63, 3.8) is 0 Å². The van der Waals surface area contributed by atoms with Crippen molar-refractivity contribution >= 4 is 10.9 Å². The Morgan fingerprint density at radius 3 is 2.53 bits per heavy atom. The maximum absolute atomic E-state index is 2.32. The lowest BCUT2D eigenvalue weighted by Crippen LogP contribution is -3.00. The van der Waals surface area contributed by atoms with Crippen molar-refractivity contribution in [3.05, 3.63) is 42.1 Å². The summed E-state index contributed by atoms with van der Waals surface area (Å²) in [6.07, 6.45) is 2.18. The van der Waals surface area contributed by atoms with Gasteiger partial charge in [0, 0.05) is 17.5 Å². The Morgan fingerprint density at radius 1 is 1.12 bits per heavy atom. The van der Waals surface area contributed by atoms with Gasteiger partial charge in [-0.2, -0.15) is 4.57 Å². The van der Waals surface area contributed by atoms with E-state index in [1.807, 2.05) is 0 Å². The number of pyridine rings is 1. The van der Waals surface area contributed by atoms with E-state index in [4.69, 9.17) is 0 Å². The number of aryl methyl sites for hydroxylation is 1. The maximum atomic E-state index is 2.32. The smallest absolute Gasteiger partial charge is 0.212 e. The van der Waals surface area contributed by atoms with Crippen LogP contribution in [-0.4, -0.2) is 25.5 Å². The van der Waals surface area contributed by atoms with Gasteiger partial charge in [0.15, 0.2) is 12.7 Å². The summed E-state index contributed by atoms with van der Waals surface area (Å²) in [6, 6.07) is 10.8.